The number of halogens is 4. The summed E-state index contributed by atoms with van der Waals surface area (Å²) in [6.45, 7) is -0.0119. The number of thioether (sulfide) groups is 1. The molecule has 1 fully saturated rings. The van der Waals surface area contributed by atoms with Gasteiger partial charge in [-0.05, 0) is 54.2 Å². The van der Waals surface area contributed by atoms with Crippen LogP contribution in [0.25, 0.3) is 17.4 Å². The van der Waals surface area contributed by atoms with E-state index in [9.17, 15) is 9.59 Å². The van der Waals surface area contributed by atoms with E-state index >= 15 is 0 Å². The second-order valence-corrected chi connectivity index (χ2v) is 8.95. The number of rotatable bonds is 4. The number of hydrogen-bond donors (Lipinski definition) is 0. The first-order valence-corrected chi connectivity index (χ1v) is 10.9. The van der Waals surface area contributed by atoms with Crippen molar-refractivity contribution in [3.8, 4) is 11.3 Å². The predicted molar refractivity (Wildman–Crippen MR) is 122 cm³/mol. The molecule has 0 atom stereocenters. The van der Waals surface area contributed by atoms with Crippen molar-refractivity contribution in [3.63, 3.8) is 0 Å². The topological polar surface area (TPSA) is 50.5 Å². The van der Waals surface area contributed by atoms with Gasteiger partial charge in [0.1, 0.15) is 11.5 Å². The van der Waals surface area contributed by atoms with Gasteiger partial charge in [-0.15, -0.1) is 0 Å². The van der Waals surface area contributed by atoms with Crippen LogP contribution in [0.2, 0.25) is 20.1 Å². The van der Waals surface area contributed by atoms with Gasteiger partial charge >= 0.3 is 0 Å². The molecule has 0 saturated carbocycles. The van der Waals surface area contributed by atoms with Gasteiger partial charge in [-0.2, -0.15) is 0 Å². The first kappa shape index (κ1) is 21.3. The molecule has 9 heteroatoms. The SMILES string of the molecule is O=C1S/C(=C/c2ccc(-c3cc(Cl)ccc3Cl)o2)C(=O)N1Cc1c(Cl)cccc1Cl. The number of hydrogen-bond acceptors (Lipinski definition) is 4. The maximum absolute atomic E-state index is 12.8. The lowest BCUT2D eigenvalue weighted by Crippen LogP contribution is -2.27. The quantitative estimate of drug-likeness (QED) is 0.344. The van der Waals surface area contributed by atoms with E-state index in [-0.39, 0.29) is 11.4 Å². The van der Waals surface area contributed by atoms with Crippen molar-refractivity contribution < 1.29 is 14.0 Å². The highest BCUT2D eigenvalue weighted by Gasteiger charge is 2.36. The van der Waals surface area contributed by atoms with Gasteiger partial charge in [0.05, 0.1) is 16.5 Å². The number of imide groups is 1. The maximum Gasteiger partial charge on any atom is 0.293 e. The van der Waals surface area contributed by atoms with Crippen molar-refractivity contribution in [2.45, 2.75) is 6.54 Å². The van der Waals surface area contributed by atoms with Crippen LogP contribution >= 0.6 is 58.2 Å². The summed E-state index contributed by atoms with van der Waals surface area (Å²) in [5.41, 5.74) is 1.14. The highest BCUT2D eigenvalue weighted by atomic mass is 35.5. The molecule has 4 rings (SSSR count). The average molecular weight is 499 g/mol. The van der Waals surface area contributed by atoms with Crippen LogP contribution in [-0.4, -0.2) is 16.0 Å². The molecule has 0 bridgehead atoms. The Bertz CT molecular complexity index is 1180. The first-order valence-electron chi connectivity index (χ1n) is 8.57. The van der Waals surface area contributed by atoms with E-state index in [1.54, 1.807) is 48.5 Å². The normalized spacial score (nSPS) is 15.5. The van der Waals surface area contributed by atoms with Gasteiger partial charge < -0.3 is 4.42 Å². The van der Waals surface area contributed by atoms with E-state index < -0.39 is 11.1 Å². The van der Waals surface area contributed by atoms with E-state index in [1.165, 1.54) is 6.08 Å². The van der Waals surface area contributed by atoms with Crippen LogP contribution in [-0.2, 0) is 11.3 Å². The Labute approximate surface area is 196 Å². The van der Waals surface area contributed by atoms with Gasteiger partial charge in [-0.1, -0.05) is 52.5 Å². The molecule has 152 valence electrons. The molecule has 3 aromatic rings. The number of benzene rings is 2. The molecule has 2 heterocycles. The van der Waals surface area contributed by atoms with Crippen LogP contribution in [0.5, 0.6) is 0 Å². The van der Waals surface area contributed by atoms with Crippen LogP contribution in [0, 0.1) is 0 Å². The minimum Gasteiger partial charge on any atom is -0.457 e. The number of amides is 2. The third-order valence-corrected chi connectivity index (χ3v) is 6.53. The summed E-state index contributed by atoms with van der Waals surface area (Å²) in [6.07, 6.45) is 1.51. The Hall–Kier alpha value is -1.89. The van der Waals surface area contributed by atoms with Gasteiger partial charge in [0, 0.05) is 32.3 Å². The lowest BCUT2D eigenvalue weighted by molar-refractivity contribution is -0.123. The molecule has 4 nitrogen and oxygen atoms in total. The molecule has 0 radical (unpaired) electrons. The summed E-state index contributed by atoms with van der Waals surface area (Å²) in [5, 5.41) is 1.37. The fourth-order valence-corrected chi connectivity index (χ4v) is 4.59. The average Bonchev–Trinajstić information content (AvgIpc) is 3.26. The predicted octanol–water partition coefficient (Wildman–Crippen LogP) is 7.80. The Morgan fingerprint density at radius 2 is 1.67 bits per heavy atom. The maximum atomic E-state index is 12.8. The van der Waals surface area contributed by atoms with Crippen molar-refractivity contribution >= 4 is 75.4 Å². The molecule has 0 N–H and O–H groups in total. The standard InChI is InChI=1S/C21H11Cl4NO3S/c22-11-4-6-17(25)13(8-11)18-7-5-12(29-18)9-19-20(27)26(21(28)30-19)10-14-15(23)2-1-3-16(14)24/h1-9H,10H2/b19-9+. The van der Waals surface area contributed by atoms with Gasteiger partial charge in [0.15, 0.2) is 0 Å². The summed E-state index contributed by atoms with van der Waals surface area (Å²) in [6, 6.07) is 13.5. The first-order chi connectivity index (χ1) is 14.3. The van der Waals surface area contributed by atoms with Gasteiger partial charge in [0.2, 0.25) is 0 Å². The third-order valence-electron chi connectivity index (χ3n) is 4.35. The largest absolute Gasteiger partial charge is 0.457 e. The second-order valence-electron chi connectivity index (χ2n) is 6.29. The van der Waals surface area contributed by atoms with Gasteiger partial charge in [-0.3, -0.25) is 14.5 Å². The molecule has 1 aliphatic heterocycles. The van der Waals surface area contributed by atoms with Crippen LogP contribution in [0.3, 0.4) is 0 Å². The number of nitrogens with zero attached hydrogens (tertiary/aromatic N) is 1. The second kappa shape index (κ2) is 8.69. The molecule has 1 aliphatic rings. The molecule has 30 heavy (non-hydrogen) atoms. The zero-order valence-electron chi connectivity index (χ0n) is 15.0. The molecule has 1 aromatic heterocycles. The van der Waals surface area contributed by atoms with Crippen LogP contribution in [0.15, 0.2) is 57.9 Å². The van der Waals surface area contributed by atoms with Crippen LogP contribution < -0.4 is 0 Å². The third kappa shape index (κ3) is 4.27. The monoisotopic (exact) mass is 497 g/mol. The summed E-state index contributed by atoms with van der Waals surface area (Å²) in [5.74, 6) is 0.456. The van der Waals surface area contributed by atoms with Crippen molar-refractivity contribution in [1.29, 1.82) is 0 Å². The Morgan fingerprint density at radius 1 is 0.933 bits per heavy atom. The lowest BCUT2D eigenvalue weighted by Gasteiger charge is -2.14. The van der Waals surface area contributed by atoms with E-state index in [1.807, 2.05) is 0 Å². The van der Waals surface area contributed by atoms with Crippen molar-refractivity contribution in [1.82, 2.24) is 4.90 Å². The smallest absolute Gasteiger partial charge is 0.293 e. The summed E-state index contributed by atoms with van der Waals surface area (Å²) in [7, 11) is 0. The zero-order valence-corrected chi connectivity index (χ0v) is 18.8. The van der Waals surface area contributed by atoms with Gasteiger partial charge in [-0.25, -0.2) is 0 Å². The summed E-state index contributed by atoms with van der Waals surface area (Å²) >= 11 is 25.4. The number of furan rings is 1. The zero-order chi connectivity index (χ0) is 21.4. The highest BCUT2D eigenvalue weighted by Crippen LogP contribution is 2.37. The Morgan fingerprint density at radius 3 is 2.40 bits per heavy atom. The molecule has 0 aliphatic carbocycles. The fourth-order valence-electron chi connectivity index (χ4n) is 2.87. The molecule has 1 saturated heterocycles. The minimum absolute atomic E-state index is 0.0119. The van der Waals surface area contributed by atoms with E-state index in [0.29, 0.717) is 42.7 Å². The van der Waals surface area contributed by atoms with E-state index in [4.69, 9.17) is 50.8 Å². The Kier molecular flexibility index (Phi) is 6.19. The Balaban J connectivity index is 1.58. The summed E-state index contributed by atoms with van der Waals surface area (Å²) in [4.78, 5) is 26.5. The van der Waals surface area contributed by atoms with Crippen molar-refractivity contribution in [3.05, 3.63) is 84.9 Å². The molecular weight excluding hydrogens is 488 g/mol. The molecular formula is C21H11Cl4NO3S. The van der Waals surface area contributed by atoms with Crippen molar-refractivity contribution in [2.75, 3.05) is 0 Å². The van der Waals surface area contributed by atoms with Gasteiger partial charge in [0.25, 0.3) is 11.1 Å². The molecule has 2 amide bonds. The molecule has 2 aromatic carbocycles. The summed E-state index contributed by atoms with van der Waals surface area (Å²) < 4.78 is 5.79. The molecule has 0 unspecified atom stereocenters. The fraction of sp³-hybridized carbons (Fsp3) is 0.0476. The van der Waals surface area contributed by atoms with Crippen molar-refractivity contribution in [2.24, 2.45) is 0 Å². The van der Waals surface area contributed by atoms with Crippen LogP contribution in [0.4, 0.5) is 4.79 Å². The number of carbonyl (C=O) groups excluding carboxylic acids is 2. The highest BCUT2D eigenvalue weighted by molar-refractivity contribution is 8.18. The van der Waals surface area contributed by atoms with E-state index in [0.717, 1.165) is 16.7 Å². The van der Waals surface area contributed by atoms with Crippen LogP contribution in [0.1, 0.15) is 11.3 Å². The molecule has 0 spiro atoms. The number of carbonyl (C=O) groups is 2. The lowest BCUT2D eigenvalue weighted by atomic mass is 10.2. The van der Waals surface area contributed by atoms with E-state index in [2.05, 4.69) is 0 Å². The minimum atomic E-state index is -0.445.